The zero-order valence-electron chi connectivity index (χ0n) is 11.4. The van der Waals surface area contributed by atoms with E-state index < -0.39 is 5.97 Å². The summed E-state index contributed by atoms with van der Waals surface area (Å²) in [5.74, 6) is 0.166. The van der Waals surface area contributed by atoms with Crippen LogP contribution in [0.15, 0.2) is 0 Å². The Morgan fingerprint density at radius 1 is 1.16 bits per heavy atom. The van der Waals surface area contributed by atoms with Gasteiger partial charge in [0.1, 0.15) is 0 Å². The first-order chi connectivity index (χ1) is 9.16. The highest BCUT2D eigenvalue weighted by atomic mass is 16.4. The number of amides is 1. The van der Waals surface area contributed by atoms with Gasteiger partial charge in [0.25, 0.3) is 0 Å². The van der Waals surface area contributed by atoms with Gasteiger partial charge < -0.3 is 15.3 Å². The highest BCUT2D eigenvalue weighted by Gasteiger charge is 2.30. The maximum absolute atomic E-state index is 12.3. The van der Waals surface area contributed by atoms with Crippen molar-refractivity contribution in [2.24, 2.45) is 11.8 Å². The molecule has 5 heteroatoms. The molecule has 1 heterocycles. The molecule has 2 aliphatic rings. The number of carbonyl (C=O) groups is 2. The second-order valence-electron chi connectivity index (χ2n) is 5.80. The summed E-state index contributed by atoms with van der Waals surface area (Å²) in [4.78, 5) is 24.8. The fourth-order valence-electron chi connectivity index (χ4n) is 3.25. The number of aliphatic carboxylic acids is 1. The van der Waals surface area contributed by atoms with Crippen molar-refractivity contribution in [2.45, 2.75) is 38.5 Å². The molecule has 0 aromatic heterocycles. The number of carboxylic acid groups (broad SMARTS) is 1. The van der Waals surface area contributed by atoms with Gasteiger partial charge >= 0.3 is 5.97 Å². The quantitative estimate of drug-likeness (QED) is 0.783. The first kappa shape index (κ1) is 14.3. The van der Waals surface area contributed by atoms with E-state index in [0.717, 1.165) is 38.8 Å². The summed E-state index contributed by atoms with van der Waals surface area (Å²) in [7, 11) is 0. The van der Waals surface area contributed by atoms with E-state index in [2.05, 4.69) is 5.32 Å². The summed E-state index contributed by atoms with van der Waals surface area (Å²) in [5, 5.41) is 11.5. The molecule has 0 radical (unpaired) electrons. The molecule has 1 unspecified atom stereocenters. The number of carbonyl (C=O) groups excluding carboxylic acids is 1. The lowest BCUT2D eigenvalue weighted by Crippen LogP contribution is -2.45. The Morgan fingerprint density at radius 3 is 2.58 bits per heavy atom. The first-order valence-electron chi connectivity index (χ1n) is 7.38. The lowest BCUT2D eigenvalue weighted by atomic mass is 9.96. The minimum Gasteiger partial charge on any atom is -0.480 e. The van der Waals surface area contributed by atoms with Crippen molar-refractivity contribution in [3.63, 3.8) is 0 Å². The minimum absolute atomic E-state index is 0.00702. The van der Waals surface area contributed by atoms with Gasteiger partial charge in [-0.1, -0.05) is 12.8 Å². The predicted molar refractivity (Wildman–Crippen MR) is 71.8 cm³/mol. The third-order valence-corrected chi connectivity index (χ3v) is 4.24. The van der Waals surface area contributed by atoms with Gasteiger partial charge in [-0.15, -0.1) is 0 Å². The van der Waals surface area contributed by atoms with Crippen LogP contribution >= 0.6 is 0 Å². The molecule has 5 nitrogen and oxygen atoms in total. The number of rotatable bonds is 5. The Hall–Kier alpha value is -1.10. The highest BCUT2D eigenvalue weighted by molar-refractivity contribution is 5.79. The van der Waals surface area contributed by atoms with Crippen molar-refractivity contribution in [1.29, 1.82) is 0 Å². The number of likely N-dealkylation sites (tertiary alicyclic amines) is 1. The number of nitrogens with zero attached hydrogens (tertiary/aromatic N) is 1. The lowest BCUT2D eigenvalue weighted by Gasteiger charge is -2.34. The summed E-state index contributed by atoms with van der Waals surface area (Å²) >= 11 is 0. The molecule has 0 spiro atoms. The molecule has 1 aliphatic heterocycles. The van der Waals surface area contributed by atoms with Crippen LogP contribution in [0.4, 0.5) is 0 Å². The van der Waals surface area contributed by atoms with Gasteiger partial charge in [-0.2, -0.15) is 0 Å². The maximum Gasteiger partial charge on any atom is 0.317 e. The monoisotopic (exact) mass is 268 g/mol. The fourth-order valence-corrected chi connectivity index (χ4v) is 3.25. The van der Waals surface area contributed by atoms with Crippen molar-refractivity contribution < 1.29 is 14.7 Å². The van der Waals surface area contributed by atoms with Gasteiger partial charge in [0, 0.05) is 25.6 Å². The molecule has 1 amide bonds. The minimum atomic E-state index is -0.824. The number of hydrogen-bond donors (Lipinski definition) is 2. The largest absolute Gasteiger partial charge is 0.480 e. The van der Waals surface area contributed by atoms with Crippen LogP contribution in [0.5, 0.6) is 0 Å². The molecule has 0 aromatic carbocycles. The average Bonchev–Trinajstić information content (AvgIpc) is 2.91. The van der Waals surface area contributed by atoms with Gasteiger partial charge in [-0.05, 0) is 31.6 Å². The smallest absolute Gasteiger partial charge is 0.317 e. The maximum atomic E-state index is 12.3. The van der Waals surface area contributed by atoms with Gasteiger partial charge in [0.2, 0.25) is 5.91 Å². The topological polar surface area (TPSA) is 69.6 Å². The van der Waals surface area contributed by atoms with Crippen molar-refractivity contribution in [1.82, 2.24) is 10.2 Å². The van der Waals surface area contributed by atoms with Crippen molar-refractivity contribution in [2.75, 3.05) is 26.2 Å². The second-order valence-corrected chi connectivity index (χ2v) is 5.80. The molecule has 1 atom stereocenters. The van der Waals surface area contributed by atoms with Crippen molar-refractivity contribution in [3.05, 3.63) is 0 Å². The molecule has 0 bridgehead atoms. The van der Waals surface area contributed by atoms with Crippen LogP contribution in [-0.2, 0) is 9.59 Å². The molecule has 1 aliphatic carbocycles. The highest BCUT2D eigenvalue weighted by Crippen LogP contribution is 2.28. The molecule has 2 N–H and O–H groups in total. The second kappa shape index (κ2) is 6.89. The zero-order valence-corrected chi connectivity index (χ0v) is 11.4. The van der Waals surface area contributed by atoms with E-state index in [9.17, 15) is 9.59 Å². The molecular weight excluding hydrogens is 244 g/mol. The van der Waals surface area contributed by atoms with Crippen LogP contribution in [0.1, 0.15) is 38.5 Å². The van der Waals surface area contributed by atoms with Crippen LogP contribution in [0.2, 0.25) is 0 Å². The molecule has 108 valence electrons. The van der Waals surface area contributed by atoms with E-state index in [1.54, 1.807) is 0 Å². The Balaban J connectivity index is 1.76. The van der Waals surface area contributed by atoms with Crippen LogP contribution in [0.25, 0.3) is 0 Å². The Bertz CT molecular complexity index is 327. The van der Waals surface area contributed by atoms with E-state index in [1.165, 1.54) is 12.8 Å². The third kappa shape index (κ3) is 4.20. The third-order valence-electron chi connectivity index (χ3n) is 4.24. The molecule has 1 saturated heterocycles. The molecule has 1 saturated carbocycles. The summed E-state index contributed by atoms with van der Waals surface area (Å²) in [6.07, 6.45) is 6.61. The number of hydrogen-bond acceptors (Lipinski definition) is 3. The number of carboxylic acids is 1. The summed E-state index contributed by atoms with van der Waals surface area (Å²) in [5.41, 5.74) is 0. The van der Waals surface area contributed by atoms with Crippen LogP contribution in [0, 0.1) is 11.8 Å². The van der Waals surface area contributed by atoms with E-state index in [1.807, 2.05) is 4.90 Å². The molecule has 0 aromatic rings. The predicted octanol–water partition coefficient (Wildman–Crippen LogP) is 1.09. The number of piperidine rings is 1. The first-order valence-corrected chi connectivity index (χ1v) is 7.38. The average molecular weight is 268 g/mol. The van der Waals surface area contributed by atoms with Gasteiger partial charge in [0.05, 0.1) is 6.54 Å². The Morgan fingerprint density at radius 2 is 1.89 bits per heavy atom. The molecule has 2 fully saturated rings. The van der Waals surface area contributed by atoms with Crippen LogP contribution in [0.3, 0.4) is 0 Å². The summed E-state index contributed by atoms with van der Waals surface area (Å²) < 4.78 is 0. The Labute approximate surface area is 114 Å². The van der Waals surface area contributed by atoms with Gasteiger partial charge in [0.15, 0.2) is 0 Å². The standard InChI is InChI=1S/C14H24N2O3/c17-13(18)9-15-8-11-4-3-7-16(10-11)14(19)12-5-1-2-6-12/h11-12,15H,1-10H2,(H,17,18). The normalized spacial score (nSPS) is 24.6. The van der Waals surface area contributed by atoms with E-state index in [-0.39, 0.29) is 12.5 Å². The van der Waals surface area contributed by atoms with Crippen molar-refractivity contribution >= 4 is 11.9 Å². The van der Waals surface area contributed by atoms with E-state index >= 15 is 0 Å². The number of nitrogens with one attached hydrogen (secondary N) is 1. The summed E-state index contributed by atoms with van der Waals surface area (Å²) in [6, 6.07) is 0. The van der Waals surface area contributed by atoms with Gasteiger partial charge in [-0.3, -0.25) is 9.59 Å². The summed E-state index contributed by atoms with van der Waals surface area (Å²) in [6.45, 7) is 2.38. The van der Waals surface area contributed by atoms with Crippen LogP contribution < -0.4 is 5.32 Å². The molecular formula is C14H24N2O3. The van der Waals surface area contributed by atoms with Crippen LogP contribution in [-0.4, -0.2) is 48.1 Å². The Kier molecular flexibility index (Phi) is 5.19. The van der Waals surface area contributed by atoms with Crippen molar-refractivity contribution in [3.8, 4) is 0 Å². The molecule has 19 heavy (non-hydrogen) atoms. The molecule has 2 rings (SSSR count). The lowest BCUT2D eigenvalue weighted by molar-refractivity contribution is -0.138. The SMILES string of the molecule is O=C(O)CNCC1CCCN(C(=O)C2CCCC2)C1. The zero-order chi connectivity index (χ0) is 13.7. The fraction of sp³-hybridized carbons (Fsp3) is 0.857. The van der Waals surface area contributed by atoms with E-state index in [4.69, 9.17) is 5.11 Å². The van der Waals surface area contributed by atoms with Gasteiger partial charge in [-0.25, -0.2) is 0 Å². The van der Waals surface area contributed by atoms with E-state index in [0.29, 0.717) is 18.4 Å².